The summed E-state index contributed by atoms with van der Waals surface area (Å²) in [6, 6.07) is 0. The molecule has 0 spiro atoms. The van der Waals surface area contributed by atoms with Gasteiger partial charge in [0.15, 0.2) is 0 Å². The molecule has 0 rings (SSSR count). The fourth-order valence-electron chi connectivity index (χ4n) is 3.61. The van der Waals surface area contributed by atoms with Crippen molar-refractivity contribution in [1.82, 2.24) is 4.72 Å². The third kappa shape index (κ3) is 23.5. The lowest BCUT2D eigenvalue weighted by Gasteiger charge is -2.05. The third-order valence-electron chi connectivity index (χ3n) is 5.46. The minimum Gasteiger partial charge on any atom is -0.480 e. The van der Waals surface area contributed by atoms with Gasteiger partial charge < -0.3 is 5.11 Å². The Labute approximate surface area is 180 Å². The molecule has 0 amide bonds. The predicted octanol–water partition coefficient (Wildman–Crippen LogP) is 6.42. The van der Waals surface area contributed by atoms with E-state index in [0.717, 1.165) is 12.8 Å². The van der Waals surface area contributed by atoms with E-state index in [-0.39, 0.29) is 5.75 Å². The monoisotopic (exact) mass is 433 g/mol. The maximum Gasteiger partial charge on any atom is 0.318 e. The summed E-state index contributed by atoms with van der Waals surface area (Å²) in [7, 11) is -3.43. The SMILES string of the molecule is CCCCCCCCCCCCCCCCCCCCCS(=O)(=O)NCC(=O)O. The Balaban J connectivity index is 3.20. The largest absolute Gasteiger partial charge is 0.480 e. The molecule has 0 fully saturated rings. The Morgan fingerprint density at radius 1 is 0.621 bits per heavy atom. The van der Waals surface area contributed by atoms with E-state index in [4.69, 9.17) is 5.11 Å². The molecule has 0 aliphatic carbocycles. The number of carbonyl (C=O) groups is 1. The highest BCUT2D eigenvalue weighted by Crippen LogP contribution is 2.14. The Morgan fingerprint density at radius 3 is 1.24 bits per heavy atom. The number of nitrogens with one attached hydrogen (secondary N) is 1. The Bertz CT molecular complexity index is 465. The van der Waals surface area contributed by atoms with Crippen LogP contribution in [-0.2, 0) is 14.8 Å². The van der Waals surface area contributed by atoms with Crippen LogP contribution < -0.4 is 4.72 Å². The van der Waals surface area contributed by atoms with E-state index in [9.17, 15) is 13.2 Å². The minimum absolute atomic E-state index is 0.0269. The molecule has 0 unspecified atom stereocenters. The predicted molar refractivity (Wildman–Crippen MR) is 123 cm³/mol. The van der Waals surface area contributed by atoms with Crippen molar-refractivity contribution < 1.29 is 18.3 Å². The van der Waals surface area contributed by atoms with Gasteiger partial charge >= 0.3 is 5.97 Å². The second-order valence-electron chi connectivity index (χ2n) is 8.40. The van der Waals surface area contributed by atoms with E-state index < -0.39 is 22.5 Å². The maximum absolute atomic E-state index is 11.5. The fraction of sp³-hybridized carbons (Fsp3) is 0.957. The molecule has 0 aromatic rings. The Kier molecular flexibility index (Phi) is 20.2. The summed E-state index contributed by atoms with van der Waals surface area (Å²) in [5.41, 5.74) is 0. The summed E-state index contributed by atoms with van der Waals surface area (Å²) in [5.74, 6) is -1.12. The van der Waals surface area contributed by atoms with Crippen molar-refractivity contribution in [3.63, 3.8) is 0 Å². The molecule has 0 aliphatic rings. The summed E-state index contributed by atoms with van der Waals surface area (Å²) < 4.78 is 25.2. The molecule has 0 atom stereocenters. The van der Waals surface area contributed by atoms with E-state index in [1.165, 1.54) is 103 Å². The van der Waals surface area contributed by atoms with Crippen LogP contribution in [0.4, 0.5) is 0 Å². The van der Waals surface area contributed by atoms with Gasteiger partial charge in [0.1, 0.15) is 6.54 Å². The van der Waals surface area contributed by atoms with Crippen molar-refractivity contribution in [3.05, 3.63) is 0 Å². The molecule has 5 nitrogen and oxygen atoms in total. The van der Waals surface area contributed by atoms with Gasteiger partial charge in [-0.25, -0.2) is 13.1 Å². The molecule has 29 heavy (non-hydrogen) atoms. The Hall–Kier alpha value is -0.620. The summed E-state index contributed by atoms with van der Waals surface area (Å²) in [5, 5.41) is 8.48. The van der Waals surface area contributed by atoms with Crippen LogP contribution in [0.1, 0.15) is 129 Å². The molecule has 0 aliphatic heterocycles. The molecule has 0 saturated carbocycles. The summed E-state index contributed by atoms with van der Waals surface area (Å²) in [4.78, 5) is 10.4. The molecule has 0 aromatic carbocycles. The average molecular weight is 434 g/mol. The van der Waals surface area contributed by atoms with Crippen molar-refractivity contribution in [2.45, 2.75) is 129 Å². The zero-order valence-corrected chi connectivity index (χ0v) is 19.7. The maximum atomic E-state index is 11.5. The standard InChI is InChI=1S/C23H47NO4S/c1-2-3-4-5-6-7-8-9-10-11-12-13-14-15-16-17-18-19-20-21-29(27,28)24-22-23(25)26/h24H,2-22H2,1H3,(H,25,26). The van der Waals surface area contributed by atoms with Gasteiger partial charge in [0.25, 0.3) is 0 Å². The second-order valence-corrected chi connectivity index (χ2v) is 10.3. The number of aliphatic carboxylic acids is 1. The van der Waals surface area contributed by atoms with Gasteiger partial charge in [-0.15, -0.1) is 0 Å². The lowest BCUT2D eigenvalue weighted by Crippen LogP contribution is -2.31. The number of hydrogen-bond acceptors (Lipinski definition) is 3. The van der Waals surface area contributed by atoms with Crippen LogP contribution in [0.3, 0.4) is 0 Å². The second kappa shape index (κ2) is 20.6. The smallest absolute Gasteiger partial charge is 0.318 e. The highest BCUT2D eigenvalue weighted by atomic mass is 32.2. The molecule has 6 heteroatoms. The van der Waals surface area contributed by atoms with Gasteiger partial charge in [-0.3, -0.25) is 4.79 Å². The topological polar surface area (TPSA) is 83.5 Å². The van der Waals surface area contributed by atoms with Crippen LogP contribution in [0.25, 0.3) is 0 Å². The first-order valence-corrected chi connectivity index (χ1v) is 13.8. The first-order valence-electron chi connectivity index (χ1n) is 12.2. The zero-order valence-electron chi connectivity index (χ0n) is 18.9. The number of carboxylic acid groups (broad SMARTS) is 1. The van der Waals surface area contributed by atoms with Crippen molar-refractivity contribution >= 4 is 16.0 Å². The van der Waals surface area contributed by atoms with Crippen LogP contribution in [-0.4, -0.2) is 31.8 Å². The van der Waals surface area contributed by atoms with Crippen LogP contribution in [0.5, 0.6) is 0 Å². The highest BCUT2D eigenvalue weighted by molar-refractivity contribution is 7.89. The molecular weight excluding hydrogens is 386 g/mol. The van der Waals surface area contributed by atoms with E-state index >= 15 is 0 Å². The fourth-order valence-corrected chi connectivity index (χ4v) is 4.69. The number of sulfonamides is 1. The first kappa shape index (κ1) is 28.4. The molecule has 0 saturated heterocycles. The van der Waals surface area contributed by atoms with Crippen molar-refractivity contribution in [2.24, 2.45) is 0 Å². The van der Waals surface area contributed by atoms with Crippen LogP contribution in [0, 0.1) is 0 Å². The zero-order chi connectivity index (χ0) is 21.6. The first-order chi connectivity index (χ1) is 14.0. The van der Waals surface area contributed by atoms with Gasteiger partial charge in [0.05, 0.1) is 5.75 Å². The molecule has 2 N–H and O–H groups in total. The number of unbranched alkanes of at least 4 members (excludes halogenated alkanes) is 18. The van der Waals surface area contributed by atoms with Gasteiger partial charge in [-0.1, -0.05) is 122 Å². The van der Waals surface area contributed by atoms with Crippen molar-refractivity contribution in [1.29, 1.82) is 0 Å². The van der Waals surface area contributed by atoms with E-state index in [0.29, 0.717) is 6.42 Å². The average Bonchev–Trinajstić information content (AvgIpc) is 2.68. The number of rotatable bonds is 23. The van der Waals surface area contributed by atoms with E-state index in [1.807, 2.05) is 0 Å². The third-order valence-corrected chi connectivity index (χ3v) is 6.87. The number of carboxylic acids is 1. The van der Waals surface area contributed by atoms with Gasteiger partial charge in [0.2, 0.25) is 10.0 Å². The normalized spacial score (nSPS) is 11.8. The van der Waals surface area contributed by atoms with Crippen LogP contribution in [0.15, 0.2) is 0 Å². The summed E-state index contributed by atoms with van der Waals surface area (Å²) >= 11 is 0. The lowest BCUT2D eigenvalue weighted by molar-refractivity contribution is -0.135. The molecule has 174 valence electrons. The van der Waals surface area contributed by atoms with Gasteiger partial charge in [-0.05, 0) is 6.42 Å². The molecule has 0 aromatic heterocycles. The lowest BCUT2D eigenvalue weighted by atomic mass is 10.0. The van der Waals surface area contributed by atoms with Gasteiger partial charge in [-0.2, -0.15) is 0 Å². The van der Waals surface area contributed by atoms with E-state index in [1.54, 1.807) is 0 Å². The summed E-state index contributed by atoms with van der Waals surface area (Å²) in [6.45, 7) is 1.74. The van der Waals surface area contributed by atoms with Crippen molar-refractivity contribution in [2.75, 3.05) is 12.3 Å². The Morgan fingerprint density at radius 2 is 0.931 bits per heavy atom. The molecular formula is C23H47NO4S. The van der Waals surface area contributed by atoms with Crippen molar-refractivity contribution in [3.8, 4) is 0 Å². The number of hydrogen-bond donors (Lipinski definition) is 2. The summed E-state index contributed by atoms with van der Waals surface area (Å²) in [6.07, 6.45) is 24.4. The molecule has 0 heterocycles. The van der Waals surface area contributed by atoms with Gasteiger partial charge in [0, 0.05) is 0 Å². The molecule has 0 radical (unpaired) electrons. The minimum atomic E-state index is -3.43. The molecule has 0 bridgehead atoms. The van der Waals surface area contributed by atoms with Crippen LogP contribution in [0.2, 0.25) is 0 Å². The van der Waals surface area contributed by atoms with E-state index in [2.05, 4.69) is 11.6 Å². The highest BCUT2D eigenvalue weighted by Gasteiger charge is 2.10. The van der Waals surface area contributed by atoms with Crippen LogP contribution >= 0.6 is 0 Å². The quantitative estimate of drug-likeness (QED) is 0.182.